The second-order valence-electron chi connectivity index (χ2n) is 4.39. The third-order valence-electron chi connectivity index (χ3n) is 2.74. The number of halogens is 1. The van der Waals surface area contributed by atoms with E-state index in [1.165, 1.54) is 10.9 Å². The zero-order valence-electron chi connectivity index (χ0n) is 10.5. The van der Waals surface area contributed by atoms with Crippen molar-refractivity contribution >= 4 is 34.2 Å². The first-order chi connectivity index (χ1) is 9.06. The second kappa shape index (κ2) is 6.12. The predicted octanol–water partition coefficient (Wildman–Crippen LogP) is 3.56. The summed E-state index contributed by atoms with van der Waals surface area (Å²) < 4.78 is 13.7. The van der Waals surface area contributed by atoms with Gasteiger partial charge in [0.15, 0.2) is 0 Å². The van der Waals surface area contributed by atoms with E-state index in [9.17, 15) is 4.39 Å². The summed E-state index contributed by atoms with van der Waals surface area (Å²) in [5, 5.41) is 5.32. The maximum atomic E-state index is 13.7. The molecule has 3 N–H and O–H groups in total. The summed E-state index contributed by atoms with van der Waals surface area (Å²) in [7, 11) is 0. The van der Waals surface area contributed by atoms with E-state index in [2.05, 4.69) is 23.7 Å². The zero-order valence-corrected chi connectivity index (χ0v) is 12.2. The van der Waals surface area contributed by atoms with Crippen molar-refractivity contribution in [3.05, 3.63) is 52.0 Å². The van der Waals surface area contributed by atoms with Crippen LogP contribution in [0.3, 0.4) is 0 Å². The molecule has 0 spiro atoms. The first kappa shape index (κ1) is 14.0. The van der Waals surface area contributed by atoms with Crippen molar-refractivity contribution in [3.63, 3.8) is 0 Å². The average molecular weight is 294 g/mol. The molecule has 100 valence electrons. The van der Waals surface area contributed by atoms with Crippen molar-refractivity contribution < 1.29 is 4.39 Å². The molecule has 1 aromatic heterocycles. The Morgan fingerprint density at radius 1 is 1.47 bits per heavy atom. The van der Waals surface area contributed by atoms with Crippen LogP contribution in [-0.4, -0.2) is 11.0 Å². The first-order valence-electron chi connectivity index (χ1n) is 5.94. The molecular weight excluding hydrogens is 279 g/mol. The van der Waals surface area contributed by atoms with Crippen LogP contribution in [0.25, 0.3) is 0 Å². The third kappa shape index (κ3) is 3.75. The molecule has 1 aromatic carbocycles. The van der Waals surface area contributed by atoms with Crippen LogP contribution >= 0.6 is 23.6 Å². The summed E-state index contributed by atoms with van der Waals surface area (Å²) in [4.78, 5) is 1.39. The fourth-order valence-corrected chi connectivity index (χ4v) is 2.87. The molecule has 0 aliphatic heterocycles. The highest BCUT2D eigenvalue weighted by atomic mass is 32.1. The van der Waals surface area contributed by atoms with Crippen LogP contribution in [0, 0.1) is 5.82 Å². The van der Waals surface area contributed by atoms with E-state index in [0.717, 1.165) is 12.1 Å². The molecule has 0 bridgehead atoms. The summed E-state index contributed by atoms with van der Waals surface area (Å²) in [5.74, 6) is -0.388. The number of thiophene rings is 1. The van der Waals surface area contributed by atoms with E-state index in [4.69, 9.17) is 18.0 Å². The Hall–Kier alpha value is -1.46. The van der Waals surface area contributed by atoms with E-state index < -0.39 is 0 Å². The zero-order chi connectivity index (χ0) is 13.8. The van der Waals surface area contributed by atoms with Gasteiger partial charge in [-0.05, 0) is 36.6 Å². The molecule has 2 aromatic rings. The van der Waals surface area contributed by atoms with Gasteiger partial charge < -0.3 is 11.1 Å². The van der Waals surface area contributed by atoms with Gasteiger partial charge in [0.1, 0.15) is 10.8 Å². The average Bonchev–Trinajstić information content (AvgIpc) is 2.81. The minimum absolute atomic E-state index is 0.0793. The van der Waals surface area contributed by atoms with Gasteiger partial charge in [-0.1, -0.05) is 18.3 Å². The molecule has 0 fully saturated rings. The largest absolute Gasteiger partial charge is 0.389 e. The van der Waals surface area contributed by atoms with E-state index in [1.54, 1.807) is 23.5 Å². The Bertz CT molecular complexity index is 567. The standard InChI is InChI=1S/C14H15FN2S2/c1-9(7-11-3-2-6-19-11)17-10-4-5-12(14(16)18)13(15)8-10/h2-6,8-9,17H,7H2,1H3,(H2,16,18). The molecule has 0 amide bonds. The van der Waals surface area contributed by atoms with Gasteiger partial charge in [-0.15, -0.1) is 11.3 Å². The predicted molar refractivity (Wildman–Crippen MR) is 83.4 cm³/mol. The number of anilines is 1. The summed E-state index contributed by atoms with van der Waals surface area (Å²) in [5.41, 5.74) is 6.45. The van der Waals surface area contributed by atoms with Gasteiger partial charge in [-0.3, -0.25) is 0 Å². The van der Waals surface area contributed by atoms with Crippen LogP contribution in [-0.2, 0) is 6.42 Å². The van der Waals surface area contributed by atoms with Crippen molar-refractivity contribution in [3.8, 4) is 0 Å². The van der Waals surface area contributed by atoms with Crippen molar-refractivity contribution in [1.29, 1.82) is 0 Å². The molecule has 1 atom stereocenters. The third-order valence-corrected chi connectivity index (χ3v) is 3.85. The van der Waals surface area contributed by atoms with E-state index in [1.807, 2.05) is 6.07 Å². The number of hydrogen-bond acceptors (Lipinski definition) is 3. The van der Waals surface area contributed by atoms with Crippen LogP contribution in [0.4, 0.5) is 10.1 Å². The summed E-state index contributed by atoms with van der Waals surface area (Å²) in [6, 6.07) is 9.19. The molecule has 2 rings (SSSR count). The molecule has 0 aliphatic rings. The maximum Gasteiger partial charge on any atom is 0.135 e. The van der Waals surface area contributed by atoms with Crippen LogP contribution in [0.2, 0.25) is 0 Å². The first-order valence-corrected chi connectivity index (χ1v) is 7.23. The van der Waals surface area contributed by atoms with Gasteiger partial charge in [0.05, 0.1) is 0 Å². The molecule has 19 heavy (non-hydrogen) atoms. The minimum Gasteiger partial charge on any atom is -0.389 e. The second-order valence-corrected chi connectivity index (χ2v) is 5.86. The quantitative estimate of drug-likeness (QED) is 0.828. The highest BCUT2D eigenvalue weighted by molar-refractivity contribution is 7.80. The van der Waals surface area contributed by atoms with Gasteiger partial charge >= 0.3 is 0 Å². The van der Waals surface area contributed by atoms with Gasteiger partial charge in [-0.2, -0.15) is 0 Å². The normalized spacial score (nSPS) is 12.1. The Morgan fingerprint density at radius 3 is 2.84 bits per heavy atom. The lowest BCUT2D eigenvalue weighted by Gasteiger charge is -2.15. The maximum absolute atomic E-state index is 13.7. The van der Waals surface area contributed by atoms with Crippen LogP contribution in [0.15, 0.2) is 35.7 Å². The number of nitrogens with two attached hydrogens (primary N) is 1. The van der Waals surface area contributed by atoms with Crippen LogP contribution in [0.1, 0.15) is 17.4 Å². The monoisotopic (exact) mass is 294 g/mol. The molecular formula is C14H15FN2S2. The lowest BCUT2D eigenvalue weighted by Crippen LogP contribution is -2.18. The topological polar surface area (TPSA) is 38.0 Å². The molecule has 0 aliphatic carbocycles. The Labute approximate surface area is 121 Å². The van der Waals surface area contributed by atoms with Crippen molar-refractivity contribution in [2.75, 3.05) is 5.32 Å². The minimum atomic E-state index is -0.388. The summed E-state index contributed by atoms with van der Waals surface area (Å²) in [6.07, 6.45) is 0.913. The fraction of sp³-hybridized carbons (Fsp3) is 0.214. The summed E-state index contributed by atoms with van der Waals surface area (Å²) in [6.45, 7) is 2.07. The van der Waals surface area contributed by atoms with Gasteiger partial charge in [0, 0.05) is 28.6 Å². The number of thiocarbonyl (C=S) groups is 1. The highest BCUT2D eigenvalue weighted by Crippen LogP contribution is 2.17. The van der Waals surface area contributed by atoms with Crippen LogP contribution < -0.4 is 11.1 Å². The van der Waals surface area contributed by atoms with Gasteiger partial charge in [0.25, 0.3) is 0 Å². The molecule has 0 radical (unpaired) electrons. The Balaban J connectivity index is 2.03. The van der Waals surface area contributed by atoms with E-state index in [-0.39, 0.29) is 22.4 Å². The lowest BCUT2D eigenvalue weighted by molar-refractivity contribution is 0.625. The molecule has 0 saturated heterocycles. The molecule has 1 unspecified atom stereocenters. The molecule has 1 heterocycles. The van der Waals surface area contributed by atoms with E-state index in [0.29, 0.717) is 0 Å². The smallest absolute Gasteiger partial charge is 0.135 e. The number of nitrogens with one attached hydrogen (secondary N) is 1. The van der Waals surface area contributed by atoms with E-state index >= 15 is 0 Å². The molecule has 2 nitrogen and oxygen atoms in total. The molecule has 0 saturated carbocycles. The SMILES string of the molecule is CC(Cc1cccs1)Nc1ccc(C(N)=S)c(F)c1. The fourth-order valence-electron chi connectivity index (χ4n) is 1.87. The van der Waals surface area contributed by atoms with Crippen molar-refractivity contribution in [2.24, 2.45) is 5.73 Å². The number of rotatable bonds is 5. The van der Waals surface area contributed by atoms with Crippen molar-refractivity contribution in [1.82, 2.24) is 0 Å². The van der Waals surface area contributed by atoms with Gasteiger partial charge in [0.2, 0.25) is 0 Å². The highest BCUT2D eigenvalue weighted by Gasteiger charge is 2.08. The summed E-state index contributed by atoms with van der Waals surface area (Å²) >= 11 is 6.50. The lowest BCUT2D eigenvalue weighted by atomic mass is 10.1. The van der Waals surface area contributed by atoms with Crippen molar-refractivity contribution in [2.45, 2.75) is 19.4 Å². The number of benzene rings is 1. The number of hydrogen-bond donors (Lipinski definition) is 2. The van der Waals surface area contributed by atoms with Gasteiger partial charge in [-0.25, -0.2) is 4.39 Å². The Kier molecular flexibility index (Phi) is 4.50. The van der Waals surface area contributed by atoms with Crippen LogP contribution in [0.5, 0.6) is 0 Å². The Morgan fingerprint density at radius 2 is 2.26 bits per heavy atom. The molecule has 5 heteroatoms.